The molecule has 0 saturated carbocycles. The Bertz CT molecular complexity index is 581. The second-order valence-corrected chi connectivity index (χ2v) is 16.7. The van der Waals surface area contributed by atoms with E-state index in [2.05, 4.69) is 121 Å². The summed E-state index contributed by atoms with van der Waals surface area (Å²) in [6.07, 6.45) is 2.26. The Hall–Kier alpha value is 2.37. The lowest BCUT2D eigenvalue weighted by atomic mass is 10.1. The summed E-state index contributed by atoms with van der Waals surface area (Å²) in [5.41, 5.74) is 2.94. The summed E-state index contributed by atoms with van der Waals surface area (Å²) in [4.78, 5) is 0. The lowest BCUT2D eigenvalue weighted by molar-refractivity contribution is 1.07. The minimum Gasteiger partial charge on any atom is -0.178 e. The van der Waals surface area contributed by atoms with Crippen LogP contribution in [0, 0.1) is 0 Å². The molecule has 0 aliphatic carbocycles. The van der Waals surface area contributed by atoms with Crippen LogP contribution in [0.3, 0.4) is 0 Å². The molecule has 0 aromatic heterocycles. The van der Waals surface area contributed by atoms with Gasteiger partial charge in [0.05, 0.1) is 14.4 Å². The van der Waals surface area contributed by atoms with Crippen LogP contribution in [0.2, 0.25) is 0 Å². The maximum Gasteiger partial charge on any atom is 0.0665 e. The largest absolute Gasteiger partial charge is 0.178 e. The first-order valence-corrected chi connectivity index (χ1v) is 18.3. The van der Waals surface area contributed by atoms with Crippen molar-refractivity contribution in [3.63, 3.8) is 0 Å². The summed E-state index contributed by atoms with van der Waals surface area (Å²) in [5.74, 6) is 5.80. The predicted molar refractivity (Wildman–Crippen MR) is 154 cm³/mol. The van der Waals surface area contributed by atoms with E-state index in [0.29, 0.717) is 15.1 Å². The van der Waals surface area contributed by atoms with Gasteiger partial charge in [0.15, 0.2) is 0 Å². The molecule has 6 unspecified atom stereocenters. The Balaban J connectivity index is 1.50. The highest BCUT2D eigenvalue weighted by atomic mass is 33.1. The van der Waals surface area contributed by atoms with Crippen molar-refractivity contribution in [2.24, 2.45) is 0 Å². The molecule has 1 aromatic carbocycles. The summed E-state index contributed by atoms with van der Waals surface area (Å²) in [6, 6.07) is 9.46. The third-order valence-electron chi connectivity index (χ3n) is 4.72. The summed E-state index contributed by atoms with van der Waals surface area (Å²) in [5, 5.41) is 2.75. The molecule has 2 aliphatic rings. The van der Waals surface area contributed by atoms with E-state index in [1.807, 2.05) is 11.8 Å². The molecule has 1 aromatic rings. The van der Waals surface area contributed by atoms with Crippen LogP contribution in [-0.4, -0.2) is 54.2 Å². The van der Waals surface area contributed by atoms with Crippen molar-refractivity contribution < 1.29 is 0 Å². The third kappa shape index (κ3) is 7.19. The zero-order valence-corrected chi connectivity index (χ0v) is 23.6. The van der Waals surface area contributed by atoms with Crippen molar-refractivity contribution in [1.82, 2.24) is 0 Å². The van der Waals surface area contributed by atoms with Crippen molar-refractivity contribution in [1.29, 1.82) is 0 Å². The number of hydrogen-bond donors (Lipinski definition) is 2. The molecule has 0 amide bonds. The lowest BCUT2D eigenvalue weighted by Crippen LogP contribution is -2.11. The second kappa shape index (κ2) is 13.2. The molecule has 3 rings (SSSR count). The maximum atomic E-state index is 4.47. The Morgan fingerprint density at radius 1 is 1.07 bits per heavy atom. The number of thioether (sulfide) groups is 6. The van der Waals surface area contributed by atoms with Gasteiger partial charge in [0.2, 0.25) is 0 Å². The molecule has 2 aliphatic heterocycles. The molecule has 28 heavy (non-hydrogen) atoms. The van der Waals surface area contributed by atoms with Crippen LogP contribution in [-0.2, 0) is 5.75 Å². The minimum atomic E-state index is 0.579. The Kier molecular flexibility index (Phi) is 11.8. The Morgan fingerprint density at radius 3 is 2.39 bits per heavy atom. The maximum absolute atomic E-state index is 4.47. The highest BCUT2D eigenvalue weighted by Crippen LogP contribution is 2.50. The van der Waals surface area contributed by atoms with Gasteiger partial charge in [-0.05, 0) is 17.4 Å². The smallest absolute Gasteiger partial charge is 0.0665 e. The summed E-state index contributed by atoms with van der Waals surface area (Å²) in [6.45, 7) is 2.39. The van der Waals surface area contributed by atoms with Crippen LogP contribution >= 0.6 is 106 Å². The van der Waals surface area contributed by atoms with E-state index in [1.54, 1.807) is 10.8 Å². The number of thiol groups is 2. The first kappa shape index (κ1) is 25.0. The summed E-state index contributed by atoms with van der Waals surface area (Å²) < 4.78 is 1.39. The Morgan fingerprint density at radius 2 is 1.75 bits per heavy atom. The van der Waals surface area contributed by atoms with E-state index < -0.39 is 0 Å². The van der Waals surface area contributed by atoms with Crippen LogP contribution in [0.1, 0.15) is 23.3 Å². The summed E-state index contributed by atoms with van der Waals surface area (Å²) >= 11 is 21.4. The van der Waals surface area contributed by atoms with Crippen LogP contribution in [0.5, 0.6) is 0 Å². The van der Waals surface area contributed by atoms with Gasteiger partial charge in [-0.15, -0.1) is 58.7 Å². The minimum absolute atomic E-state index is 0.579. The van der Waals surface area contributed by atoms with Crippen LogP contribution in [0.4, 0.5) is 0 Å². The van der Waals surface area contributed by atoms with Crippen molar-refractivity contribution in [2.75, 3.05) is 29.3 Å². The van der Waals surface area contributed by atoms with E-state index in [0.717, 1.165) is 32.3 Å². The molecule has 0 radical (unpaired) electrons. The van der Waals surface area contributed by atoms with E-state index in [9.17, 15) is 0 Å². The van der Waals surface area contributed by atoms with E-state index in [4.69, 9.17) is 0 Å². The van der Waals surface area contributed by atoms with E-state index >= 15 is 0 Å². The molecule has 2 heterocycles. The Labute approximate surface area is 211 Å². The predicted octanol–water partition coefficient (Wildman–Crippen LogP) is 7.57. The second-order valence-electron chi connectivity index (χ2n) is 6.81. The molecule has 0 N–H and O–H groups in total. The van der Waals surface area contributed by atoms with E-state index in [1.165, 1.54) is 22.6 Å². The molecule has 2 fully saturated rings. The van der Waals surface area contributed by atoms with Crippen LogP contribution in [0.25, 0.3) is 0 Å². The highest BCUT2D eigenvalue weighted by Gasteiger charge is 2.33. The topological polar surface area (TPSA) is 0 Å². The molecule has 2 saturated heterocycles. The average molecular weight is 545 g/mol. The van der Waals surface area contributed by atoms with Gasteiger partial charge in [-0.2, -0.15) is 36.2 Å². The lowest BCUT2D eigenvalue weighted by Gasteiger charge is -2.22. The van der Waals surface area contributed by atoms with Gasteiger partial charge < -0.3 is 0 Å². The molecule has 0 nitrogen and oxygen atoms in total. The fraction of sp³-hybridized carbons (Fsp3) is 0.684. The molecule has 6 atom stereocenters. The molecular weight excluding hydrogens is 517 g/mol. The first-order chi connectivity index (χ1) is 13.6. The highest BCUT2D eigenvalue weighted by molar-refractivity contribution is 8.68. The first-order valence-electron chi connectivity index (χ1n) is 9.29. The van der Waals surface area contributed by atoms with Gasteiger partial charge in [-0.3, -0.25) is 0 Å². The monoisotopic (exact) mass is 544 g/mol. The summed E-state index contributed by atoms with van der Waals surface area (Å²) in [7, 11) is 1.68. The van der Waals surface area contributed by atoms with E-state index in [-0.39, 0.29) is 0 Å². The number of benzene rings is 1. The van der Waals surface area contributed by atoms with Crippen molar-refractivity contribution in [3.8, 4) is 0 Å². The fourth-order valence-corrected chi connectivity index (χ4v) is 15.1. The third-order valence-corrected chi connectivity index (χ3v) is 16.7. The normalized spacial score (nSPS) is 29.9. The van der Waals surface area contributed by atoms with Crippen LogP contribution < -0.4 is 0 Å². The van der Waals surface area contributed by atoms with Crippen molar-refractivity contribution in [2.45, 2.75) is 42.8 Å². The van der Waals surface area contributed by atoms with Gasteiger partial charge in [0, 0.05) is 44.5 Å². The van der Waals surface area contributed by atoms with Gasteiger partial charge in [-0.25, -0.2) is 0 Å². The average Bonchev–Trinajstić information content (AvgIpc) is 3.38. The molecular formula is C19H28S9. The number of rotatable bonds is 10. The molecule has 0 spiro atoms. The molecule has 0 bridgehead atoms. The molecule has 9 heteroatoms. The zero-order valence-electron chi connectivity index (χ0n) is 16.1. The fourth-order valence-electron chi connectivity index (χ4n) is 3.13. The zero-order chi connectivity index (χ0) is 19.9. The van der Waals surface area contributed by atoms with Crippen LogP contribution in [0.15, 0.2) is 24.3 Å². The number of hydrogen-bond acceptors (Lipinski definition) is 9. The van der Waals surface area contributed by atoms with Gasteiger partial charge >= 0.3 is 0 Å². The van der Waals surface area contributed by atoms with Gasteiger partial charge in [-0.1, -0.05) is 42.0 Å². The van der Waals surface area contributed by atoms with Gasteiger partial charge in [0.25, 0.3) is 0 Å². The molecule has 158 valence electrons. The van der Waals surface area contributed by atoms with Crippen molar-refractivity contribution in [3.05, 3.63) is 35.4 Å². The SMILES string of the molecule is CSC(c1ccc(CSC(C)C2SCC(CS)S2)cc1)C1SCC(CSS)S1. The van der Waals surface area contributed by atoms with Crippen molar-refractivity contribution >= 4 is 106 Å². The standard InChI is InChI=1S/C19H28S9/c1-12(18-24-9-15(7-20)27-18)23-8-13-3-5-14(6-4-13)17(22-2)19-25-10-16(28-19)11-26-21/h3-6,12,15-21H,7-11H2,1-2H3. The quantitative estimate of drug-likeness (QED) is 0.227. The van der Waals surface area contributed by atoms with Gasteiger partial charge in [0.1, 0.15) is 0 Å².